The molecule has 2 heterocycles. The molecule has 0 unspecified atom stereocenters. The number of imidazole rings is 2. The lowest BCUT2D eigenvalue weighted by Gasteiger charge is -2.07. The second-order valence-electron chi connectivity index (χ2n) is 6.00. The van der Waals surface area contributed by atoms with Gasteiger partial charge in [0, 0.05) is 25.4 Å². The second kappa shape index (κ2) is 10.2. The summed E-state index contributed by atoms with van der Waals surface area (Å²) in [6, 6.07) is 0. The summed E-state index contributed by atoms with van der Waals surface area (Å²) in [4.78, 5) is 4.43. The Labute approximate surface area is 139 Å². The van der Waals surface area contributed by atoms with Gasteiger partial charge in [0.1, 0.15) is 24.8 Å². The van der Waals surface area contributed by atoms with E-state index in [9.17, 15) is 0 Å². The molecule has 0 aliphatic rings. The van der Waals surface area contributed by atoms with E-state index in [-0.39, 0.29) is 0 Å². The highest BCUT2D eigenvalue weighted by Gasteiger charge is 2.04. The van der Waals surface area contributed by atoms with E-state index in [1.807, 2.05) is 6.20 Å². The maximum atomic E-state index is 5.78. The van der Waals surface area contributed by atoms with Crippen molar-refractivity contribution in [3.63, 3.8) is 0 Å². The van der Waals surface area contributed by atoms with Gasteiger partial charge in [0.2, 0.25) is 6.33 Å². The number of unbranched alkanes of at least 4 members (excludes halogenated alkanes) is 2. The first-order valence-corrected chi connectivity index (χ1v) is 8.96. The van der Waals surface area contributed by atoms with E-state index in [4.69, 9.17) is 4.74 Å². The first-order valence-electron chi connectivity index (χ1n) is 8.96. The fourth-order valence-corrected chi connectivity index (χ4v) is 2.58. The maximum absolute atomic E-state index is 5.78. The molecule has 0 fully saturated rings. The van der Waals surface area contributed by atoms with Crippen LogP contribution in [-0.4, -0.2) is 27.3 Å². The van der Waals surface area contributed by atoms with Crippen LogP contribution in [0.15, 0.2) is 31.1 Å². The van der Waals surface area contributed by atoms with Crippen LogP contribution < -0.4 is 4.57 Å². The van der Waals surface area contributed by atoms with Crippen molar-refractivity contribution in [3.05, 3.63) is 36.9 Å². The average Bonchev–Trinajstić information content (AvgIpc) is 3.20. The highest BCUT2D eigenvalue weighted by molar-refractivity contribution is 4.92. The molecule has 0 atom stereocenters. The molecule has 0 radical (unpaired) electrons. The SMILES string of the molecule is CCCCn1ccnc1CCOCCn1cc[n+](CCCC)c1. The summed E-state index contributed by atoms with van der Waals surface area (Å²) in [6.45, 7) is 8.99. The number of aromatic nitrogens is 4. The Morgan fingerprint density at radius 2 is 1.96 bits per heavy atom. The minimum Gasteiger partial charge on any atom is -0.377 e. The van der Waals surface area contributed by atoms with E-state index >= 15 is 0 Å². The van der Waals surface area contributed by atoms with Gasteiger partial charge >= 0.3 is 0 Å². The molecule has 0 aromatic carbocycles. The third-order valence-corrected chi connectivity index (χ3v) is 4.03. The summed E-state index contributed by atoms with van der Waals surface area (Å²) in [6.07, 6.45) is 16.1. The van der Waals surface area contributed by atoms with Gasteiger partial charge in [-0.2, -0.15) is 0 Å². The monoisotopic (exact) mass is 319 g/mol. The summed E-state index contributed by atoms with van der Waals surface area (Å²) >= 11 is 0. The minimum absolute atomic E-state index is 0.736. The molecule has 0 amide bonds. The molecular weight excluding hydrogens is 288 g/mol. The van der Waals surface area contributed by atoms with Crippen LogP contribution in [0.1, 0.15) is 45.4 Å². The lowest BCUT2D eigenvalue weighted by atomic mass is 10.3. The Kier molecular flexibility index (Phi) is 7.87. The Hall–Kier alpha value is -1.62. The van der Waals surface area contributed by atoms with Crippen LogP contribution in [0.4, 0.5) is 0 Å². The highest BCUT2D eigenvalue weighted by Crippen LogP contribution is 2.02. The molecule has 0 spiro atoms. The van der Waals surface area contributed by atoms with E-state index in [0.717, 1.165) is 45.1 Å². The normalized spacial score (nSPS) is 11.2. The molecule has 23 heavy (non-hydrogen) atoms. The standard InChI is InChI=1S/C18H31N4O/c1-3-5-9-20-12-13-21(17-20)14-16-23-15-7-18-19-8-11-22(18)10-6-4-2/h8,11-13,17H,3-7,9-10,14-16H2,1-2H3/q+1. The van der Waals surface area contributed by atoms with Crippen molar-refractivity contribution in [1.29, 1.82) is 0 Å². The van der Waals surface area contributed by atoms with Crippen molar-refractivity contribution in [2.75, 3.05) is 13.2 Å². The van der Waals surface area contributed by atoms with E-state index in [2.05, 4.69) is 57.5 Å². The first-order chi connectivity index (χ1) is 11.3. The number of hydrogen-bond acceptors (Lipinski definition) is 2. The van der Waals surface area contributed by atoms with Crippen LogP contribution >= 0.6 is 0 Å². The minimum atomic E-state index is 0.736. The molecule has 5 nitrogen and oxygen atoms in total. The topological polar surface area (TPSA) is 35.9 Å². The number of rotatable bonds is 12. The summed E-state index contributed by atoms with van der Waals surface area (Å²) in [5.41, 5.74) is 0. The number of hydrogen-bond donors (Lipinski definition) is 0. The van der Waals surface area contributed by atoms with Gasteiger partial charge in [-0.15, -0.1) is 0 Å². The predicted molar refractivity (Wildman–Crippen MR) is 91.2 cm³/mol. The van der Waals surface area contributed by atoms with Gasteiger partial charge < -0.3 is 9.30 Å². The molecule has 0 saturated heterocycles. The number of aryl methyl sites for hydroxylation is 2. The van der Waals surface area contributed by atoms with Gasteiger partial charge in [0.05, 0.1) is 19.8 Å². The molecule has 5 heteroatoms. The number of nitrogens with zero attached hydrogens (tertiary/aromatic N) is 4. The van der Waals surface area contributed by atoms with E-state index in [1.165, 1.54) is 25.7 Å². The van der Waals surface area contributed by atoms with Crippen molar-refractivity contribution in [3.8, 4) is 0 Å². The van der Waals surface area contributed by atoms with Gasteiger partial charge in [-0.05, 0) is 12.8 Å². The second-order valence-corrected chi connectivity index (χ2v) is 6.00. The Bertz CT molecular complexity index is 547. The van der Waals surface area contributed by atoms with Crippen LogP contribution in [0.2, 0.25) is 0 Å². The lowest BCUT2D eigenvalue weighted by Crippen LogP contribution is -2.30. The van der Waals surface area contributed by atoms with Gasteiger partial charge in [-0.25, -0.2) is 14.1 Å². The van der Waals surface area contributed by atoms with Crippen LogP contribution in [-0.2, 0) is 30.8 Å². The van der Waals surface area contributed by atoms with Crippen molar-refractivity contribution < 1.29 is 9.30 Å². The molecular formula is C18H31N4O+. The average molecular weight is 319 g/mol. The van der Waals surface area contributed by atoms with Crippen molar-refractivity contribution in [2.45, 2.75) is 65.6 Å². The molecule has 0 bridgehead atoms. The van der Waals surface area contributed by atoms with Crippen molar-refractivity contribution >= 4 is 0 Å². The van der Waals surface area contributed by atoms with Crippen LogP contribution in [0.5, 0.6) is 0 Å². The van der Waals surface area contributed by atoms with Gasteiger partial charge in [0.15, 0.2) is 0 Å². The van der Waals surface area contributed by atoms with Gasteiger partial charge in [-0.1, -0.05) is 26.7 Å². The van der Waals surface area contributed by atoms with E-state index in [0.29, 0.717) is 0 Å². The first kappa shape index (κ1) is 17.7. The smallest absolute Gasteiger partial charge is 0.243 e. The molecule has 0 aliphatic carbocycles. The third-order valence-electron chi connectivity index (χ3n) is 4.03. The zero-order valence-electron chi connectivity index (χ0n) is 14.7. The van der Waals surface area contributed by atoms with E-state index < -0.39 is 0 Å². The largest absolute Gasteiger partial charge is 0.377 e. The Morgan fingerprint density at radius 1 is 1.09 bits per heavy atom. The number of ether oxygens (including phenoxy) is 1. The molecule has 0 saturated carbocycles. The van der Waals surface area contributed by atoms with Gasteiger partial charge in [-0.3, -0.25) is 0 Å². The molecule has 0 N–H and O–H groups in total. The van der Waals surface area contributed by atoms with Crippen LogP contribution in [0.25, 0.3) is 0 Å². The lowest BCUT2D eigenvalue weighted by molar-refractivity contribution is -0.696. The van der Waals surface area contributed by atoms with Crippen molar-refractivity contribution in [2.24, 2.45) is 0 Å². The molecule has 0 aliphatic heterocycles. The summed E-state index contributed by atoms with van der Waals surface area (Å²) in [5.74, 6) is 1.14. The maximum Gasteiger partial charge on any atom is 0.243 e. The fraction of sp³-hybridized carbons (Fsp3) is 0.667. The summed E-state index contributed by atoms with van der Waals surface area (Å²) < 4.78 is 12.5. The Morgan fingerprint density at radius 3 is 2.78 bits per heavy atom. The third kappa shape index (κ3) is 6.18. The quantitative estimate of drug-likeness (QED) is 0.445. The van der Waals surface area contributed by atoms with E-state index in [1.54, 1.807) is 0 Å². The zero-order valence-corrected chi connectivity index (χ0v) is 14.7. The van der Waals surface area contributed by atoms with Crippen molar-refractivity contribution in [1.82, 2.24) is 14.1 Å². The molecule has 2 aromatic heterocycles. The molecule has 128 valence electrons. The van der Waals surface area contributed by atoms with Crippen LogP contribution in [0, 0.1) is 0 Å². The molecule has 2 aromatic rings. The zero-order chi connectivity index (χ0) is 16.3. The molecule has 2 rings (SSSR count). The summed E-state index contributed by atoms with van der Waals surface area (Å²) in [5, 5.41) is 0. The Balaban J connectivity index is 1.62. The van der Waals surface area contributed by atoms with Crippen LogP contribution in [0.3, 0.4) is 0 Å². The predicted octanol–water partition coefficient (Wildman–Crippen LogP) is 2.83. The van der Waals surface area contributed by atoms with Gasteiger partial charge in [0.25, 0.3) is 0 Å². The highest BCUT2D eigenvalue weighted by atomic mass is 16.5. The fourth-order valence-electron chi connectivity index (χ4n) is 2.58. The summed E-state index contributed by atoms with van der Waals surface area (Å²) in [7, 11) is 0.